The molecule has 2 heterocycles. The van der Waals surface area contributed by atoms with Crippen molar-refractivity contribution >= 4 is 57.0 Å². The second-order valence-electron chi connectivity index (χ2n) is 14.9. The summed E-state index contributed by atoms with van der Waals surface area (Å²) in [5.41, 5.74) is 15.8. The molecule has 11 N–H and O–H groups in total. The number of aromatic nitrogens is 3. The quantitative estimate of drug-likeness (QED) is 0.0380. The van der Waals surface area contributed by atoms with Gasteiger partial charge >= 0.3 is 6.03 Å². The van der Waals surface area contributed by atoms with Crippen LogP contribution in [0.1, 0.15) is 43.0 Å². The SMILES string of the molecule is CC(=O)N[C@@H](Cc1cnc[nH]1)C(=O)N[C@H](Cc1ccccc1)C(=O)N[C@@H](CCCCNNC(=O)Nc1ccc2ccccc2c1)C(=O)N[C@H](CN)Cc1c[nH]c2ccccc12. The van der Waals surface area contributed by atoms with Crippen LogP contribution in [0, 0.1) is 0 Å². The number of benzene rings is 4. The average Bonchev–Trinajstić information content (AvgIpc) is 3.94. The van der Waals surface area contributed by atoms with E-state index < -0.39 is 53.8 Å². The number of hydrogen-bond acceptors (Lipinski definition) is 8. The number of hydrogen-bond donors (Lipinski definition) is 10. The summed E-state index contributed by atoms with van der Waals surface area (Å²) in [6.07, 6.45) is 6.89. The summed E-state index contributed by atoms with van der Waals surface area (Å²) in [5.74, 6) is -2.00. The first-order valence-corrected chi connectivity index (χ1v) is 20.4. The molecule has 0 unspecified atom stereocenters. The summed E-state index contributed by atoms with van der Waals surface area (Å²) in [5, 5.41) is 17.4. The maximum atomic E-state index is 14.2. The van der Waals surface area contributed by atoms with Crippen molar-refractivity contribution in [2.45, 2.75) is 69.6 Å². The summed E-state index contributed by atoms with van der Waals surface area (Å²) in [6, 6.07) is 26.6. The summed E-state index contributed by atoms with van der Waals surface area (Å²) >= 11 is 0. The number of unbranched alkanes of at least 4 members (excludes halogenated alkanes) is 1. The lowest BCUT2D eigenvalue weighted by Gasteiger charge is -2.26. The molecule has 0 aliphatic heterocycles. The van der Waals surface area contributed by atoms with E-state index >= 15 is 0 Å². The largest absolute Gasteiger partial charge is 0.361 e. The van der Waals surface area contributed by atoms with Gasteiger partial charge in [-0.2, -0.15) is 0 Å². The number of imidazole rings is 1. The normalized spacial score (nSPS) is 13.1. The van der Waals surface area contributed by atoms with Crippen LogP contribution in [0.3, 0.4) is 0 Å². The highest BCUT2D eigenvalue weighted by Crippen LogP contribution is 2.20. The van der Waals surface area contributed by atoms with Crippen molar-refractivity contribution in [2.75, 3.05) is 18.4 Å². The number of urea groups is 1. The monoisotopic (exact) mass is 827 g/mol. The number of carbonyl (C=O) groups is 5. The number of H-pyrrole nitrogens is 2. The van der Waals surface area contributed by atoms with Gasteiger partial charge in [0.05, 0.1) is 6.33 Å². The minimum absolute atomic E-state index is 0.112. The molecule has 61 heavy (non-hydrogen) atoms. The van der Waals surface area contributed by atoms with Crippen molar-refractivity contribution in [3.8, 4) is 0 Å². The first-order valence-electron chi connectivity index (χ1n) is 20.4. The second kappa shape index (κ2) is 21.8. The highest BCUT2D eigenvalue weighted by atomic mass is 16.2. The van der Waals surface area contributed by atoms with E-state index in [2.05, 4.69) is 52.4 Å². The van der Waals surface area contributed by atoms with E-state index in [9.17, 15) is 24.0 Å². The van der Waals surface area contributed by atoms with Gasteiger partial charge in [-0.15, -0.1) is 0 Å². The number of para-hydroxylation sites is 1. The number of rotatable bonds is 21. The minimum atomic E-state index is -1.10. The van der Waals surface area contributed by atoms with Gasteiger partial charge in [-0.3, -0.25) is 24.6 Å². The second-order valence-corrected chi connectivity index (χ2v) is 14.9. The molecule has 6 rings (SSSR count). The van der Waals surface area contributed by atoms with Gasteiger partial charge in [0.25, 0.3) is 0 Å². The molecule has 6 aromatic rings. The molecule has 0 saturated carbocycles. The fourth-order valence-electron chi connectivity index (χ4n) is 7.14. The van der Waals surface area contributed by atoms with Crippen LogP contribution < -0.4 is 43.2 Å². The van der Waals surface area contributed by atoms with E-state index in [-0.39, 0.29) is 25.8 Å². The summed E-state index contributed by atoms with van der Waals surface area (Å²) < 4.78 is 0. The number of nitrogens with two attached hydrogens (primary N) is 1. The maximum Gasteiger partial charge on any atom is 0.333 e. The third-order valence-corrected chi connectivity index (χ3v) is 10.2. The standard InChI is InChI=1S/C45H53N11O5/c1-29(57)51-41(24-36-27-47-28-49-36)44(60)55-40(21-30-11-3-2-4-12-30)43(59)54-39(42(58)52-35(25-46)23-33-26-48-38-16-8-7-15-37(33)38)17-9-10-20-50-56-45(61)53-34-19-18-31-13-5-6-14-32(31)22-34/h2-8,11-16,18-19,22,26-28,35,39-41,48,50H,9-10,17,20-21,23-25,46H2,1H3,(H,47,49)(H,51,57)(H,52,58)(H,54,59)(H,55,60)(H2,53,56,61)/t35-,39-,40+,41-/m0/s1. The lowest BCUT2D eigenvalue weighted by molar-refractivity contribution is -0.133. The van der Waals surface area contributed by atoms with Crippen molar-refractivity contribution in [1.82, 2.24) is 47.1 Å². The van der Waals surface area contributed by atoms with Crippen LogP contribution in [0.25, 0.3) is 21.7 Å². The molecule has 0 saturated heterocycles. The van der Waals surface area contributed by atoms with Crippen LogP contribution in [0.15, 0.2) is 116 Å². The first kappa shape index (κ1) is 43.5. The molecule has 0 radical (unpaired) electrons. The number of hydrazine groups is 1. The predicted molar refractivity (Wildman–Crippen MR) is 235 cm³/mol. The molecule has 318 valence electrons. The minimum Gasteiger partial charge on any atom is -0.361 e. The van der Waals surface area contributed by atoms with Gasteiger partial charge in [-0.1, -0.05) is 78.9 Å². The zero-order chi connectivity index (χ0) is 43.0. The molecule has 4 atom stereocenters. The Morgan fingerprint density at radius 1 is 0.705 bits per heavy atom. The Balaban J connectivity index is 1.11. The van der Waals surface area contributed by atoms with Crippen molar-refractivity contribution in [3.63, 3.8) is 0 Å². The molecule has 16 nitrogen and oxygen atoms in total. The van der Waals surface area contributed by atoms with Crippen molar-refractivity contribution in [3.05, 3.63) is 133 Å². The van der Waals surface area contributed by atoms with Gasteiger partial charge in [-0.25, -0.2) is 15.2 Å². The van der Waals surface area contributed by atoms with Crippen LogP contribution in [0.4, 0.5) is 10.5 Å². The molecular weight excluding hydrogens is 775 g/mol. The average molecular weight is 828 g/mol. The third-order valence-electron chi connectivity index (χ3n) is 10.2. The number of amides is 6. The molecule has 16 heteroatoms. The Morgan fingerprint density at radius 3 is 2.16 bits per heavy atom. The molecule has 4 aromatic carbocycles. The van der Waals surface area contributed by atoms with Gasteiger partial charge < -0.3 is 42.3 Å². The number of nitrogens with zero attached hydrogens (tertiary/aromatic N) is 1. The van der Waals surface area contributed by atoms with Gasteiger partial charge in [-0.05, 0) is 65.8 Å². The first-order chi connectivity index (χ1) is 29.6. The summed E-state index contributed by atoms with van der Waals surface area (Å²) in [4.78, 5) is 77.0. The Bertz CT molecular complexity index is 2380. The van der Waals surface area contributed by atoms with Crippen molar-refractivity contribution < 1.29 is 24.0 Å². The number of nitrogens with one attached hydrogen (secondary N) is 9. The highest BCUT2D eigenvalue weighted by Gasteiger charge is 2.30. The fraction of sp³-hybridized carbons (Fsp3) is 0.289. The molecule has 6 amide bonds. The van der Waals surface area contributed by atoms with Crippen LogP contribution in [0.2, 0.25) is 0 Å². The number of fused-ring (bicyclic) bond motifs is 2. The predicted octanol–water partition coefficient (Wildman–Crippen LogP) is 3.49. The number of aromatic amines is 2. The number of carbonyl (C=O) groups excluding carboxylic acids is 5. The van der Waals surface area contributed by atoms with Crippen LogP contribution in [-0.2, 0) is 38.4 Å². The molecule has 0 fully saturated rings. The fourth-order valence-corrected chi connectivity index (χ4v) is 7.14. The van der Waals surface area contributed by atoms with Gasteiger partial charge in [0.1, 0.15) is 18.1 Å². The zero-order valence-electron chi connectivity index (χ0n) is 34.0. The van der Waals surface area contributed by atoms with E-state index in [0.717, 1.165) is 32.8 Å². The van der Waals surface area contributed by atoms with Crippen LogP contribution in [-0.4, -0.2) is 81.9 Å². The number of anilines is 1. The highest BCUT2D eigenvalue weighted by molar-refractivity contribution is 5.95. The lowest BCUT2D eigenvalue weighted by Crippen LogP contribution is -2.58. The zero-order valence-corrected chi connectivity index (χ0v) is 34.0. The van der Waals surface area contributed by atoms with E-state index in [1.807, 2.05) is 103 Å². The van der Waals surface area contributed by atoms with Crippen LogP contribution in [0.5, 0.6) is 0 Å². The van der Waals surface area contributed by atoms with Gasteiger partial charge in [0.15, 0.2) is 0 Å². The Labute approximate surface area is 353 Å². The lowest BCUT2D eigenvalue weighted by atomic mass is 10.0. The molecule has 2 aromatic heterocycles. The van der Waals surface area contributed by atoms with Gasteiger partial charge in [0.2, 0.25) is 23.6 Å². The van der Waals surface area contributed by atoms with E-state index in [4.69, 9.17) is 5.73 Å². The Hall–Kier alpha value is -7.04. The van der Waals surface area contributed by atoms with Crippen molar-refractivity contribution in [2.24, 2.45) is 5.73 Å². The Morgan fingerprint density at radius 2 is 1.41 bits per heavy atom. The molecule has 0 spiro atoms. The third kappa shape index (κ3) is 13.0. The van der Waals surface area contributed by atoms with E-state index in [0.29, 0.717) is 37.2 Å². The molecule has 0 aliphatic rings. The molecule has 0 aliphatic carbocycles. The molecular formula is C45H53N11O5. The Kier molecular flexibility index (Phi) is 15.6. The summed E-state index contributed by atoms with van der Waals surface area (Å²) in [7, 11) is 0. The maximum absolute atomic E-state index is 14.2. The van der Waals surface area contributed by atoms with Crippen LogP contribution >= 0.6 is 0 Å². The summed E-state index contributed by atoms with van der Waals surface area (Å²) in [6.45, 7) is 1.84. The van der Waals surface area contributed by atoms with Gasteiger partial charge in [0, 0.05) is 73.6 Å². The topological polar surface area (TPSA) is 240 Å². The van der Waals surface area contributed by atoms with Crippen molar-refractivity contribution in [1.29, 1.82) is 0 Å². The van der Waals surface area contributed by atoms with E-state index in [1.54, 1.807) is 6.20 Å². The van der Waals surface area contributed by atoms with E-state index in [1.165, 1.54) is 13.3 Å². The molecule has 0 bridgehead atoms. The smallest absolute Gasteiger partial charge is 0.333 e.